The maximum absolute atomic E-state index is 5.61. The molecule has 0 aromatic heterocycles. The topological polar surface area (TPSA) is 36.4 Å². The third-order valence-electron chi connectivity index (χ3n) is 13.9. The number of fused-ring (bicyclic) bond motifs is 11. The summed E-state index contributed by atoms with van der Waals surface area (Å²) in [5, 5.41) is 10.7. The highest BCUT2D eigenvalue weighted by molar-refractivity contribution is 8.00. The maximum atomic E-state index is 5.61. The van der Waals surface area contributed by atoms with Crippen LogP contribution in [0.15, 0.2) is 162 Å². The van der Waals surface area contributed by atoms with Crippen molar-refractivity contribution in [3.63, 3.8) is 0 Å². The van der Waals surface area contributed by atoms with E-state index in [1.54, 1.807) is 0 Å². The predicted molar refractivity (Wildman–Crippen MR) is 248 cm³/mol. The van der Waals surface area contributed by atoms with Gasteiger partial charge in [-0.2, -0.15) is 0 Å². The highest BCUT2D eigenvalue weighted by atomic mass is 32.2. The van der Waals surface area contributed by atoms with Crippen LogP contribution in [0.4, 0.5) is 5.69 Å². The van der Waals surface area contributed by atoms with Gasteiger partial charge in [-0.05, 0) is 103 Å². The van der Waals surface area contributed by atoms with Gasteiger partial charge in [-0.3, -0.25) is 4.99 Å². The van der Waals surface area contributed by atoms with Gasteiger partial charge in [-0.1, -0.05) is 173 Å². The fourth-order valence-corrected chi connectivity index (χ4v) is 11.9. The predicted octanol–water partition coefficient (Wildman–Crippen LogP) is 13.3. The first-order valence-electron chi connectivity index (χ1n) is 21.0. The summed E-state index contributed by atoms with van der Waals surface area (Å²) in [7, 11) is 0. The van der Waals surface area contributed by atoms with Gasteiger partial charge in [0, 0.05) is 38.3 Å². The van der Waals surface area contributed by atoms with Crippen molar-refractivity contribution >= 4 is 45.7 Å². The van der Waals surface area contributed by atoms with Gasteiger partial charge in [-0.25, -0.2) is 0 Å². The molecular weight excluding hydrogens is 735 g/mol. The molecule has 7 aromatic rings. The van der Waals surface area contributed by atoms with Crippen LogP contribution in [-0.2, 0) is 17.3 Å². The standard InChI is InChI=1S/C55H45N3S/c1-54(2)43-16-10-8-14-39(43)41-25-20-35(29-45(41)54)47-31-48(36-21-26-42-40-15-9-11-17-44(40)55(3,4)46(42)30-36)57-52(56-47)37-22-24-38-34(28-37)19-18-32-23-27-49-51(50(32)38)58-53(59-49)33-12-6-5-7-13-33/h5-27,29-31,37,52-53,56,58H,28H2,1-4H3. The van der Waals surface area contributed by atoms with Gasteiger partial charge in [0.05, 0.1) is 11.4 Å². The minimum atomic E-state index is -0.139. The van der Waals surface area contributed by atoms with E-state index in [-0.39, 0.29) is 28.3 Å². The number of anilines is 1. The van der Waals surface area contributed by atoms with Crippen molar-refractivity contribution in [2.75, 3.05) is 5.32 Å². The van der Waals surface area contributed by atoms with Crippen LogP contribution < -0.4 is 10.6 Å². The monoisotopic (exact) mass is 779 g/mol. The van der Waals surface area contributed by atoms with Gasteiger partial charge in [-0.15, -0.1) is 0 Å². The van der Waals surface area contributed by atoms with E-state index in [1.807, 2.05) is 11.8 Å². The lowest BCUT2D eigenvalue weighted by atomic mass is 9.81. The summed E-state index contributed by atoms with van der Waals surface area (Å²) in [5.41, 5.74) is 20.5. The van der Waals surface area contributed by atoms with E-state index in [0.717, 1.165) is 17.8 Å². The number of allylic oxidation sites excluding steroid dienone is 1. The molecule has 0 spiro atoms. The highest BCUT2D eigenvalue weighted by Crippen LogP contribution is 2.53. The number of hydrogen-bond acceptors (Lipinski definition) is 4. The lowest BCUT2D eigenvalue weighted by Gasteiger charge is -2.32. The summed E-state index contributed by atoms with van der Waals surface area (Å²) in [4.78, 5) is 6.92. The number of rotatable bonds is 4. The quantitative estimate of drug-likeness (QED) is 0.187. The van der Waals surface area contributed by atoms with E-state index in [2.05, 4.69) is 196 Å². The fourth-order valence-electron chi connectivity index (χ4n) is 10.7. The molecule has 0 radical (unpaired) electrons. The molecule has 3 unspecified atom stereocenters. The van der Waals surface area contributed by atoms with Crippen molar-refractivity contribution in [3.05, 3.63) is 202 Å². The first-order chi connectivity index (χ1) is 28.7. The van der Waals surface area contributed by atoms with Gasteiger partial charge in [0.15, 0.2) is 0 Å². The van der Waals surface area contributed by atoms with Gasteiger partial charge in [0.25, 0.3) is 0 Å². The Morgan fingerprint density at radius 2 is 1.24 bits per heavy atom. The van der Waals surface area contributed by atoms with Crippen molar-refractivity contribution in [3.8, 4) is 22.3 Å². The van der Waals surface area contributed by atoms with Crippen LogP contribution in [-0.4, -0.2) is 11.9 Å². The molecule has 2 aliphatic heterocycles. The van der Waals surface area contributed by atoms with Crippen LogP contribution in [0.2, 0.25) is 0 Å². The second-order valence-corrected chi connectivity index (χ2v) is 19.1. The molecule has 59 heavy (non-hydrogen) atoms. The zero-order chi connectivity index (χ0) is 39.6. The molecule has 0 amide bonds. The molecule has 2 N–H and O–H groups in total. The molecule has 3 nitrogen and oxygen atoms in total. The summed E-state index contributed by atoms with van der Waals surface area (Å²) in [5.74, 6) is 0.167. The molecule has 0 saturated heterocycles. The smallest absolute Gasteiger partial charge is 0.126 e. The van der Waals surface area contributed by atoms with Crippen LogP contribution in [0.5, 0.6) is 0 Å². The molecule has 5 aliphatic rings. The van der Waals surface area contributed by atoms with Crippen molar-refractivity contribution in [2.24, 2.45) is 10.9 Å². The van der Waals surface area contributed by atoms with Crippen molar-refractivity contribution < 1.29 is 0 Å². The maximum Gasteiger partial charge on any atom is 0.126 e. The fraction of sp³-hybridized carbons (Fsp3) is 0.182. The molecule has 4 heteroatoms. The summed E-state index contributed by atoms with van der Waals surface area (Å²) in [6.45, 7) is 9.45. The van der Waals surface area contributed by atoms with Crippen LogP contribution in [0, 0.1) is 5.92 Å². The van der Waals surface area contributed by atoms with Gasteiger partial charge >= 0.3 is 0 Å². The van der Waals surface area contributed by atoms with Gasteiger partial charge in [0.2, 0.25) is 0 Å². The minimum Gasteiger partial charge on any atom is -0.368 e. The van der Waals surface area contributed by atoms with E-state index in [1.165, 1.54) is 93.7 Å². The highest BCUT2D eigenvalue weighted by Gasteiger charge is 2.38. The van der Waals surface area contributed by atoms with Crippen LogP contribution in [0.1, 0.15) is 83.1 Å². The molecule has 286 valence electrons. The average molecular weight is 780 g/mol. The number of benzene rings is 7. The molecule has 3 aliphatic carbocycles. The van der Waals surface area contributed by atoms with Crippen LogP contribution in [0.25, 0.3) is 44.8 Å². The summed E-state index contributed by atoms with van der Waals surface area (Å²) >= 11 is 1.91. The van der Waals surface area contributed by atoms with E-state index in [0.29, 0.717) is 0 Å². The Labute approximate surface area is 351 Å². The summed E-state index contributed by atoms with van der Waals surface area (Å²) < 4.78 is 0. The largest absolute Gasteiger partial charge is 0.368 e. The number of nitrogens with zero attached hydrogens (tertiary/aromatic N) is 1. The van der Waals surface area contributed by atoms with E-state index in [9.17, 15) is 0 Å². The lowest BCUT2D eigenvalue weighted by Crippen LogP contribution is -2.38. The molecule has 0 fully saturated rings. The third-order valence-corrected chi connectivity index (χ3v) is 15.1. The molecule has 0 bridgehead atoms. The Kier molecular flexibility index (Phi) is 7.51. The SMILES string of the molecule is CC1(C)c2ccccc2-c2ccc(C3=CC(c4ccc5c(c4)C(C)(C)c4ccccc4-5)=NC(C4C=Cc5c(ccc6ccc7c(c56)NC(c5ccccc5)S7)C4)N3)cc21. The van der Waals surface area contributed by atoms with Gasteiger partial charge < -0.3 is 10.6 Å². The number of nitrogens with one attached hydrogen (secondary N) is 2. The summed E-state index contributed by atoms with van der Waals surface area (Å²) in [6, 6.07) is 52.0. The van der Waals surface area contributed by atoms with Crippen molar-refractivity contribution in [1.82, 2.24) is 5.32 Å². The Hall–Kier alpha value is -6.10. The number of hydrogen-bond donors (Lipinski definition) is 2. The lowest BCUT2D eigenvalue weighted by molar-refractivity contribution is 0.465. The molecular formula is C55H45N3S. The normalized spacial score (nSPS) is 20.9. The van der Waals surface area contributed by atoms with Crippen LogP contribution in [0.3, 0.4) is 0 Å². The van der Waals surface area contributed by atoms with E-state index >= 15 is 0 Å². The Balaban J connectivity index is 0.940. The Bertz CT molecular complexity index is 3020. The molecule has 12 rings (SSSR count). The van der Waals surface area contributed by atoms with Crippen molar-refractivity contribution in [2.45, 2.75) is 61.4 Å². The Morgan fingerprint density at radius 1 is 0.610 bits per heavy atom. The van der Waals surface area contributed by atoms with E-state index < -0.39 is 0 Å². The number of aliphatic imine (C=N–C) groups is 1. The Morgan fingerprint density at radius 3 is 1.97 bits per heavy atom. The van der Waals surface area contributed by atoms with Crippen molar-refractivity contribution in [1.29, 1.82) is 0 Å². The zero-order valence-electron chi connectivity index (χ0n) is 33.8. The minimum absolute atomic E-state index is 0.0820. The zero-order valence-corrected chi connectivity index (χ0v) is 34.6. The van der Waals surface area contributed by atoms with Crippen LogP contribution >= 0.6 is 11.8 Å². The molecule has 0 saturated carbocycles. The first kappa shape index (κ1) is 34.9. The molecule has 3 atom stereocenters. The second-order valence-electron chi connectivity index (χ2n) is 18.0. The molecule has 2 heterocycles. The number of thioether (sulfide) groups is 1. The average Bonchev–Trinajstić information content (AvgIpc) is 3.89. The second kappa shape index (κ2) is 12.7. The third kappa shape index (κ3) is 5.25. The molecule has 7 aromatic carbocycles. The van der Waals surface area contributed by atoms with E-state index in [4.69, 9.17) is 4.99 Å². The van der Waals surface area contributed by atoms with Gasteiger partial charge in [0.1, 0.15) is 11.5 Å². The summed E-state index contributed by atoms with van der Waals surface area (Å²) in [6.07, 6.45) is 7.87. The first-order valence-corrected chi connectivity index (χ1v) is 21.9.